The first-order chi connectivity index (χ1) is 11.0. The Morgan fingerprint density at radius 1 is 1.17 bits per heavy atom. The van der Waals surface area contributed by atoms with E-state index in [9.17, 15) is 14.3 Å². The summed E-state index contributed by atoms with van der Waals surface area (Å²) in [5, 5.41) is 12.7. The lowest BCUT2D eigenvalue weighted by Crippen LogP contribution is -2.32. The summed E-state index contributed by atoms with van der Waals surface area (Å²) in [7, 11) is 0. The Hall–Kier alpha value is -2.20. The monoisotopic (exact) mass is 315 g/mol. The first-order valence-electron chi connectivity index (χ1n) is 7.82. The van der Waals surface area contributed by atoms with E-state index in [0.29, 0.717) is 0 Å². The molecule has 122 valence electrons. The summed E-state index contributed by atoms with van der Waals surface area (Å²) in [5.74, 6) is -0.990. The van der Waals surface area contributed by atoms with E-state index in [2.05, 4.69) is 12.2 Å². The average molecular weight is 315 g/mol. The number of benzene rings is 2. The van der Waals surface area contributed by atoms with Crippen molar-refractivity contribution in [2.75, 3.05) is 6.54 Å². The fourth-order valence-corrected chi connectivity index (χ4v) is 2.40. The Balaban J connectivity index is 1.94. The van der Waals surface area contributed by atoms with Gasteiger partial charge in [0, 0.05) is 12.1 Å². The van der Waals surface area contributed by atoms with Gasteiger partial charge in [-0.1, -0.05) is 49.4 Å². The SMILES string of the molecule is CCc1ccc(C(C)C(=O)NCC(O)c2ccccc2F)cc1. The fraction of sp³-hybridized carbons (Fsp3) is 0.316. The van der Waals surface area contributed by atoms with Gasteiger partial charge in [-0.3, -0.25) is 4.79 Å². The van der Waals surface area contributed by atoms with E-state index in [1.54, 1.807) is 12.1 Å². The third-order valence-electron chi connectivity index (χ3n) is 4.02. The van der Waals surface area contributed by atoms with Gasteiger partial charge in [0.05, 0.1) is 12.0 Å². The molecule has 2 unspecified atom stereocenters. The fourth-order valence-electron chi connectivity index (χ4n) is 2.40. The van der Waals surface area contributed by atoms with Crippen LogP contribution < -0.4 is 5.32 Å². The Labute approximate surface area is 136 Å². The predicted molar refractivity (Wildman–Crippen MR) is 88.6 cm³/mol. The highest BCUT2D eigenvalue weighted by atomic mass is 19.1. The maximum Gasteiger partial charge on any atom is 0.227 e. The molecule has 0 heterocycles. The zero-order chi connectivity index (χ0) is 16.8. The van der Waals surface area contributed by atoms with E-state index in [1.165, 1.54) is 17.7 Å². The second-order valence-corrected chi connectivity index (χ2v) is 5.60. The molecule has 1 amide bonds. The normalized spacial score (nSPS) is 13.4. The quantitative estimate of drug-likeness (QED) is 0.859. The van der Waals surface area contributed by atoms with Crippen molar-refractivity contribution in [2.45, 2.75) is 32.3 Å². The molecule has 2 N–H and O–H groups in total. The minimum absolute atomic E-state index is 0.0167. The van der Waals surface area contributed by atoms with Gasteiger partial charge in [-0.15, -0.1) is 0 Å². The molecule has 4 heteroatoms. The molecule has 0 bridgehead atoms. The zero-order valence-corrected chi connectivity index (χ0v) is 13.4. The van der Waals surface area contributed by atoms with E-state index in [1.807, 2.05) is 31.2 Å². The Bertz CT molecular complexity index is 655. The highest BCUT2D eigenvalue weighted by Gasteiger charge is 2.18. The second kappa shape index (κ2) is 7.88. The van der Waals surface area contributed by atoms with E-state index in [0.717, 1.165) is 12.0 Å². The summed E-state index contributed by atoms with van der Waals surface area (Å²) in [4.78, 5) is 12.2. The lowest BCUT2D eigenvalue weighted by molar-refractivity contribution is -0.122. The molecule has 0 aromatic heterocycles. The number of halogens is 1. The molecule has 2 aromatic carbocycles. The molecule has 0 aliphatic heterocycles. The molecule has 2 atom stereocenters. The van der Waals surface area contributed by atoms with Gasteiger partial charge in [0.1, 0.15) is 5.82 Å². The largest absolute Gasteiger partial charge is 0.386 e. The van der Waals surface area contributed by atoms with Crippen LogP contribution in [0.2, 0.25) is 0 Å². The predicted octanol–water partition coefficient (Wildman–Crippen LogP) is 3.34. The Morgan fingerprint density at radius 2 is 1.83 bits per heavy atom. The van der Waals surface area contributed by atoms with E-state index in [-0.39, 0.29) is 23.9 Å². The smallest absolute Gasteiger partial charge is 0.227 e. The maximum absolute atomic E-state index is 13.6. The van der Waals surface area contributed by atoms with Crippen LogP contribution in [0.4, 0.5) is 4.39 Å². The van der Waals surface area contributed by atoms with Crippen molar-refractivity contribution in [2.24, 2.45) is 0 Å². The average Bonchev–Trinajstić information content (AvgIpc) is 2.59. The molecular weight excluding hydrogens is 293 g/mol. The molecule has 3 nitrogen and oxygen atoms in total. The number of hydrogen-bond acceptors (Lipinski definition) is 2. The van der Waals surface area contributed by atoms with Crippen LogP contribution in [-0.4, -0.2) is 17.6 Å². The number of carbonyl (C=O) groups excluding carboxylic acids is 1. The second-order valence-electron chi connectivity index (χ2n) is 5.60. The van der Waals surface area contributed by atoms with Gasteiger partial charge in [-0.25, -0.2) is 4.39 Å². The molecule has 0 aliphatic rings. The molecule has 0 aliphatic carbocycles. The van der Waals surface area contributed by atoms with E-state index < -0.39 is 11.9 Å². The van der Waals surface area contributed by atoms with Crippen LogP contribution in [0.15, 0.2) is 48.5 Å². The van der Waals surface area contributed by atoms with Crippen molar-refractivity contribution in [3.8, 4) is 0 Å². The third-order valence-corrected chi connectivity index (χ3v) is 4.02. The van der Waals surface area contributed by atoms with Crippen LogP contribution in [0.1, 0.15) is 42.6 Å². The van der Waals surface area contributed by atoms with Crippen molar-refractivity contribution in [3.05, 3.63) is 71.0 Å². The lowest BCUT2D eigenvalue weighted by Gasteiger charge is -2.16. The molecule has 0 saturated carbocycles. The van der Waals surface area contributed by atoms with Crippen LogP contribution in [0.25, 0.3) is 0 Å². The molecule has 2 rings (SSSR count). The van der Waals surface area contributed by atoms with Gasteiger partial charge in [-0.2, -0.15) is 0 Å². The molecule has 23 heavy (non-hydrogen) atoms. The van der Waals surface area contributed by atoms with Crippen LogP contribution in [0.5, 0.6) is 0 Å². The standard InChI is InChI=1S/C19H22FNO2/c1-3-14-8-10-15(11-9-14)13(2)19(23)21-12-18(22)16-6-4-5-7-17(16)20/h4-11,13,18,22H,3,12H2,1-2H3,(H,21,23). The van der Waals surface area contributed by atoms with Crippen molar-refractivity contribution in [1.82, 2.24) is 5.32 Å². The zero-order valence-electron chi connectivity index (χ0n) is 13.4. The van der Waals surface area contributed by atoms with Crippen molar-refractivity contribution in [1.29, 1.82) is 0 Å². The number of aliphatic hydroxyl groups excluding tert-OH is 1. The van der Waals surface area contributed by atoms with E-state index >= 15 is 0 Å². The molecule has 0 spiro atoms. The topological polar surface area (TPSA) is 49.3 Å². The highest BCUT2D eigenvalue weighted by molar-refractivity contribution is 5.83. The summed E-state index contributed by atoms with van der Waals surface area (Å²) in [6.07, 6.45) is -0.106. The number of carbonyl (C=O) groups is 1. The highest BCUT2D eigenvalue weighted by Crippen LogP contribution is 2.18. The number of aryl methyl sites for hydroxylation is 1. The van der Waals surface area contributed by atoms with Gasteiger partial charge in [-0.05, 0) is 30.5 Å². The maximum atomic E-state index is 13.6. The van der Waals surface area contributed by atoms with Crippen molar-refractivity contribution >= 4 is 5.91 Å². The van der Waals surface area contributed by atoms with Crippen molar-refractivity contribution < 1.29 is 14.3 Å². The summed E-state index contributed by atoms with van der Waals surface area (Å²) < 4.78 is 13.6. The van der Waals surface area contributed by atoms with Crippen LogP contribution in [0, 0.1) is 5.82 Å². The Morgan fingerprint density at radius 3 is 2.43 bits per heavy atom. The van der Waals surface area contributed by atoms with Gasteiger partial charge >= 0.3 is 0 Å². The minimum Gasteiger partial charge on any atom is -0.386 e. The number of rotatable bonds is 6. The number of amides is 1. The van der Waals surface area contributed by atoms with Gasteiger partial charge < -0.3 is 10.4 Å². The first-order valence-corrected chi connectivity index (χ1v) is 7.82. The van der Waals surface area contributed by atoms with Gasteiger partial charge in [0.15, 0.2) is 0 Å². The van der Waals surface area contributed by atoms with E-state index in [4.69, 9.17) is 0 Å². The molecule has 0 radical (unpaired) electrons. The molecule has 2 aromatic rings. The molecule has 0 fully saturated rings. The molecule has 0 saturated heterocycles. The summed E-state index contributed by atoms with van der Waals surface area (Å²) in [6, 6.07) is 13.9. The number of aliphatic hydroxyl groups is 1. The molecular formula is C19H22FNO2. The van der Waals surface area contributed by atoms with Crippen LogP contribution in [-0.2, 0) is 11.2 Å². The van der Waals surface area contributed by atoms with Crippen LogP contribution in [0.3, 0.4) is 0 Å². The number of hydrogen-bond donors (Lipinski definition) is 2. The van der Waals surface area contributed by atoms with Crippen LogP contribution >= 0.6 is 0 Å². The first kappa shape index (κ1) is 17.2. The third kappa shape index (κ3) is 4.39. The number of nitrogens with one attached hydrogen (secondary N) is 1. The van der Waals surface area contributed by atoms with Crippen molar-refractivity contribution in [3.63, 3.8) is 0 Å². The lowest BCUT2D eigenvalue weighted by atomic mass is 9.98. The van der Waals surface area contributed by atoms with Gasteiger partial charge in [0.2, 0.25) is 5.91 Å². The summed E-state index contributed by atoms with van der Waals surface area (Å²) in [5.41, 5.74) is 2.32. The Kier molecular flexibility index (Phi) is 5.88. The minimum atomic E-state index is -1.06. The summed E-state index contributed by atoms with van der Waals surface area (Å²) >= 11 is 0. The van der Waals surface area contributed by atoms with Gasteiger partial charge in [0.25, 0.3) is 0 Å². The summed E-state index contributed by atoms with van der Waals surface area (Å²) in [6.45, 7) is 3.87.